The number of carbonyl (C=O) groups is 1. The molecule has 5 aromatic carbocycles. The van der Waals surface area contributed by atoms with Crippen molar-refractivity contribution in [3.05, 3.63) is 148 Å². The Bertz CT molecular complexity index is 2640. The van der Waals surface area contributed by atoms with Crippen molar-refractivity contribution in [1.29, 1.82) is 0 Å². The first-order valence-corrected chi connectivity index (χ1v) is 22.9. The monoisotopic (exact) mass is 893 g/mol. The van der Waals surface area contributed by atoms with Crippen molar-refractivity contribution in [3.63, 3.8) is 0 Å². The lowest BCUT2D eigenvalue weighted by Crippen LogP contribution is -2.46. The molecule has 1 atom stereocenters. The van der Waals surface area contributed by atoms with E-state index in [2.05, 4.69) is 24.7 Å². The Morgan fingerprint density at radius 2 is 1.55 bits per heavy atom. The normalized spacial score (nSPS) is 13.6. The molecule has 13 nitrogen and oxygen atoms in total. The zero-order valence-electron chi connectivity index (χ0n) is 34.6. The van der Waals surface area contributed by atoms with Gasteiger partial charge in [0.2, 0.25) is 0 Å². The van der Waals surface area contributed by atoms with Crippen LogP contribution in [-0.4, -0.2) is 92.5 Å². The third-order valence-corrected chi connectivity index (χ3v) is 13.6. The minimum Gasteiger partial charge on any atom is -0.478 e. The Morgan fingerprint density at radius 1 is 0.871 bits per heavy atom. The SMILES string of the molecule is CN(C)CC[C@H](CSc1ccccc1)Nc1ccc(S(=O)(=O)Nc2ccc(N3CCN(c4cccc(-c5c(C(=O)O)cn(C)c5-c5ccc(Cl)cc5)c4)CC3)cc2)cc1[N+](=O)[O-]. The van der Waals surface area contributed by atoms with Crippen LogP contribution in [-0.2, 0) is 17.1 Å². The van der Waals surface area contributed by atoms with Crippen LogP contribution in [0, 0.1) is 10.1 Å². The minimum atomic E-state index is -4.16. The second-order valence-corrected chi connectivity index (χ2v) is 18.6. The molecular formula is C46H48ClN7O6S2. The van der Waals surface area contributed by atoms with Crippen molar-refractivity contribution in [2.24, 2.45) is 7.05 Å². The Morgan fingerprint density at radius 3 is 2.19 bits per heavy atom. The second-order valence-electron chi connectivity index (χ2n) is 15.4. The van der Waals surface area contributed by atoms with Crippen molar-refractivity contribution in [2.45, 2.75) is 22.3 Å². The summed E-state index contributed by atoms with van der Waals surface area (Å²) in [6.07, 6.45) is 2.37. The third kappa shape index (κ3) is 10.5. The number of aromatic carboxylic acids is 1. The van der Waals surface area contributed by atoms with E-state index in [-0.39, 0.29) is 27.9 Å². The Labute approximate surface area is 371 Å². The Balaban J connectivity index is 1.00. The van der Waals surface area contributed by atoms with Gasteiger partial charge in [0.15, 0.2) is 0 Å². The molecule has 0 radical (unpaired) electrons. The number of piperazine rings is 1. The number of anilines is 4. The standard InChI is InChI=1S/C46H48ClN7O6S2/c1-50(2)23-22-36(31-61-39-10-5-4-6-11-39)48-42-21-20-40(29-43(42)54(57)58)62(59,60)49-35-16-18-37(19-17-35)52-24-26-53(27-25-52)38-9-7-8-33(28-38)44-41(46(55)56)30-51(3)45(44)32-12-14-34(47)15-13-32/h4-21,28-30,36,48-49H,22-27,31H2,1-3H3,(H,55,56)/t36-/m1/s1. The van der Waals surface area contributed by atoms with Gasteiger partial charge < -0.3 is 29.7 Å². The highest BCUT2D eigenvalue weighted by atomic mass is 35.5. The number of hydrogen-bond acceptors (Lipinski definition) is 10. The van der Waals surface area contributed by atoms with E-state index in [9.17, 15) is 28.4 Å². The van der Waals surface area contributed by atoms with E-state index in [4.69, 9.17) is 11.6 Å². The third-order valence-electron chi connectivity index (χ3n) is 10.7. The van der Waals surface area contributed by atoms with Crippen molar-refractivity contribution in [3.8, 4) is 22.4 Å². The summed E-state index contributed by atoms with van der Waals surface area (Å²) in [6, 6.07) is 36.1. The van der Waals surface area contributed by atoms with E-state index in [1.165, 1.54) is 12.1 Å². The number of aromatic nitrogens is 1. The van der Waals surface area contributed by atoms with E-state index < -0.39 is 20.9 Å². The van der Waals surface area contributed by atoms with Gasteiger partial charge in [-0.2, -0.15) is 0 Å². The zero-order chi connectivity index (χ0) is 44.0. The van der Waals surface area contributed by atoms with Crippen molar-refractivity contribution >= 4 is 67.8 Å². The average molecular weight is 895 g/mol. The molecule has 322 valence electrons. The average Bonchev–Trinajstić information content (AvgIpc) is 3.62. The summed E-state index contributed by atoms with van der Waals surface area (Å²) in [5, 5.41) is 26.3. The maximum absolute atomic E-state index is 13.6. The fourth-order valence-corrected chi connectivity index (χ4v) is 9.77. The fourth-order valence-electron chi connectivity index (χ4n) is 7.57. The van der Waals surface area contributed by atoms with Crippen LogP contribution in [0.3, 0.4) is 0 Å². The van der Waals surface area contributed by atoms with Crippen LogP contribution < -0.4 is 19.8 Å². The van der Waals surface area contributed by atoms with Crippen LogP contribution >= 0.6 is 23.4 Å². The molecule has 0 amide bonds. The largest absolute Gasteiger partial charge is 0.478 e. The lowest BCUT2D eigenvalue weighted by Gasteiger charge is -2.37. The van der Waals surface area contributed by atoms with Crippen LogP contribution in [0.25, 0.3) is 22.4 Å². The Kier molecular flexibility index (Phi) is 13.8. The summed E-state index contributed by atoms with van der Waals surface area (Å²) in [5.74, 6) is -0.344. The number of benzene rings is 5. The number of nitro benzene ring substituents is 1. The summed E-state index contributed by atoms with van der Waals surface area (Å²) >= 11 is 7.81. The number of rotatable bonds is 17. The highest BCUT2D eigenvalue weighted by molar-refractivity contribution is 7.99. The van der Waals surface area contributed by atoms with Gasteiger partial charge in [0.25, 0.3) is 15.7 Å². The first kappa shape index (κ1) is 44.1. The summed E-state index contributed by atoms with van der Waals surface area (Å²) < 4.78 is 31.5. The van der Waals surface area contributed by atoms with Crippen molar-refractivity contribution in [2.75, 3.05) is 72.4 Å². The van der Waals surface area contributed by atoms with Gasteiger partial charge in [-0.25, -0.2) is 13.2 Å². The molecule has 1 aliphatic rings. The van der Waals surface area contributed by atoms with Gasteiger partial charge in [0.1, 0.15) is 5.69 Å². The lowest BCUT2D eigenvalue weighted by molar-refractivity contribution is -0.384. The van der Waals surface area contributed by atoms with Gasteiger partial charge in [-0.1, -0.05) is 54.1 Å². The number of halogens is 1. The predicted octanol–water partition coefficient (Wildman–Crippen LogP) is 9.27. The van der Waals surface area contributed by atoms with E-state index >= 15 is 0 Å². The smallest absolute Gasteiger partial charge is 0.337 e. The number of carboxylic acids is 1. The fraction of sp³-hybridized carbons (Fsp3) is 0.239. The van der Waals surface area contributed by atoms with Gasteiger partial charge in [0, 0.05) is 89.8 Å². The number of sulfonamides is 1. The van der Waals surface area contributed by atoms with Gasteiger partial charge >= 0.3 is 5.97 Å². The topological polar surface area (TPSA) is 153 Å². The number of nitro groups is 1. The summed E-state index contributed by atoms with van der Waals surface area (Å²) in [4.78, 5) is 31.5. The van der Waals surface area contributed by atoms with E-state index in [0.29, 0.717) is 48.2 Å². The molecule has 1 aliphatic heterocycles. The number of aryl methyl sites for hydroxylation is 1. The second kappa shape index (κ2) is 19.4. The highest BCUT2D eigenvalue weighted by Crippen LogP contribution is 2.39. The summed E-state index contributed by atoms with van der Waals surface area (Å²) in [5.41, 5.74) is 5.46. The molecular weight excluding hydrogens is 846 g/mol. The van der Waals surface area contributed by atoms with Crippen molar-refractivity contribution in [1.82, 2.24) is 9.47 Å². The molecule has 0 unspecified atom stereocenters. The van der Waals surface area contributed by atoms with Crippen LogP contribution in [0.1, 0.15) is 16.8 Å². The Hall–Kier alpha value is -6.00. The quantitative estimate of drug-likeness (QED) is 0.0456. The van der Waals surface area contributed by atoms with E-state index in [1.807, 2.05) is 105 Å². The van der Waals surface area contributed by atoms with Crippen LogP contribution in [0.2, 0.25) is 5.02 Å². The molecule has 0 bridgehead atoms. The lowest BCUT2D eigenvalue weighted by atomic mass is 9.97. The molecule has 3 N–H and O–H groups in total. The van der Waals surface area contributed by atoms with Crippen LogP contribution in [0.15, 0.2) is 137 Å². The number of carboxylic acid groups (broad SMARTS) is 1. The molecule has 16 heteroatoms. The molecule has 6 aromatic rings. The van der Waals surface area contributed by atoms with Gasteiger partial charge in [0.05, 0.1) is 21.1 Å². The van der Waals surface area contributed by atoms with Gasteiger partial charge in [-0.05, 0) is 111 Å². The van der Waals surface area contributed by atoms with Crippen molar-refractivity contribution < 1.29 is 23.2 Å². The first-order chi connectivity index (χ1) is 29.8. The molecule has 1 saturated heterocycles. The molecule has 62 heavy (non-hydrogen) atoms. The maximum Gasteiger partial charge on any atom is 0.337 e. The zero-order valence-corrected chi connectivity index (χ0v) is 37.0. The molecule has 0 aliphatic carbocycles. The van der Waals surface area contributed by atoms with E-state index in [0.717, 1.165) is 52.1 Å². The van der Waals surface area contributed by atoms with E-state index in [1.54, 1.807) is 42.2 Å². The first-order valence-electron chi connectivity index (χ1n) is 20.0. The number of nitrogens with zero attached hydrogens (tertiary/aromatic N) is 5. The molecule has 0 saturated carbocycles. The van der Waals surface area contributed by atoms with Crippen LogP contribution in [0.4, 0.5) is 28.4 Å². The molecule has 1 aromatic heterocycles. The summed E-state index contributed by atoms with van der Waals surface area (Å²) in [6.45, 7) is 3.56. The highest BCUT2D eigenvalue weighted by Gasteiger charge is 2.26. The van der Waals surface area contributed by atoms with Gasteiger partial charge in [-0.15, -0.1) is 11.8 Å². The number of hydrogen-bond donors (Lipinski definition) is 3. The summed E-state index contributed by atoms with van der Waals surface area (Å²) in [7, 11) is 1.62. The molecule has 0 spiro atoms. The molecule has 2 heterocycles. The number of nitrogens with one attached hydrogen (secondary N) is 2. The predicted molar refractivity (Wildman–Crippen MR) is 251 cm³/mol. The van der Waals surface area contributed by atoms with Gasteiger partial charge in [-0.3, -0.25) is 14.8 Å². The molecule has 1 fully saturated rings. The number of thioether (sulfide) groups is 1. The minimum absolute atomic E-state index is 0.113. The van der Waals surface area contributed by atoms with Crippen LogP contribution in [0.5, 0.6) is 0 Å². The maximum atomic E-state index is 13.6. The molecule has 7 rings (SSSR count).